The van der Waals surface area contributed by atoms with E-state index in [0.717, 1.165) is 29.8 Å². The fourth-order valence-corrected chi connectivity index (χ4v) is 3.97. The zero-order valence-corrected chi connectivity index (χ0v) is 12.8. The minimum absolute atomic E-state index is 0.760. The summed E-state index contributed by atoms with van der Waals surface area (Å²) in [7, 11) is 0. The Labute approximate surface area is 114 Å². The lowest BCUT2D eigenvalue weighted by molar-refractivity contribution is 0.0834. The lowest BCUT2D eigenvalue weighted by Crippen LogP contribution is -2.52. The van der Waals surface area contributed by atoms with E-state index in [9.17, 15) is 0 Å². The van der Waals surface area contributed by atoms with Gasteiger partial charge in [0.15, 0.2) is 0 Å². The van der Waals surface area contributed by atoms with Crippen LogP contribution in [-0.4, -0.2) is 36.6 Å². The van der Waals surface area contributed by atoms with Gasteiger partial charge in [0.25, 0.3) is 0 Å². The third-order valence-electron chi connectivity index (χ3n) is 5.48. The molecule has 106 valence electrons. The van der Waals surface area contributed by atoms with Crippen molar-refractivity contribution in [1.82, 2.24) is 10.2 Å². The highest BCUT2D eigenvalue weighted by molar-refractivity contribution is 4.91. The molecule has 1 heterocycles. The van der Waals surface area contributed by atoms with Gasteiger partial charge in [-0.05, 0) is 56.5 Å². The first-order valence-corrected chi connectivity index (χ1v) is 8.11. The summed E-state index contributed by atoms with van der Waals surface area (Å²) in [6, 6.07) is 1.63. The maximum Gasteiger partial charge on any atom is 0.0124 e. The lowest BCUT2D eigenvalue weighted by Gasteiger charge is -2.42. The molecule has 2 rings (SSSR count). The molecule has 0 bridgehead atoms. The summed E-state index contributed by atoms with van der Waals surface area (Å²) < 4.78 is 0. The first-order valence-electron chi connectivity index (χ1n) is 8.11. The molecule has 1 aliphatic heterocycles. The van der Waals surface area contributed by atoms with E-state index in [0.29, 0.717) is 0 Å². The maximum absolute atomic E-state index is 3.73. The number of piperidine rings is 1. The summed E-state index contributed by atoms with van der Waals surface area (Å²) in [5.41, 5.74) is 0. The average Bonchev–Trinajstić information content (AvgIpc) is 2.69. The fourth-order valence-electron chi connectivity index (χ4n) is 3.97. The van der Waals surface area contributed by atoms with Gasteiger partial charge in [-0.3, -0.25) is 4.90 Å². The molecule has 0 aromatic heterocycles. The van der Waals surface area contributed by atoms with Crippen LogP contribution in [0.1, 0.15) is 53.4 Å². The molecule has 2 heteroatoms. The molecule has 0 radical (unpaired) electrons. The van der Waals surface area contributed by atoms with E-state index < -0.39 is 0 Å². The molecule has 1 aliphatic carbocycles. The predicted octanol–water partition coefficient (Wildman–Crippen LogP) is 3.13. The van der Waals surface area contributed by atoms with Gasteiger partial charge in [0.1, 0.15) is 0 Å². The quantitative estimate of drug-likeness (QED) is 0.827. The van der Waals surface area contributed by atoms with Crippen molar-refractivity contribution < 1.29 is 0 Å². The van der Waals surface area contributed by atoms with Crippen LogP contribution in [0.3, 0.4) is 0 Å². The Morgan fingerprint density at radius 3 is 2.39 bits per heavy atom. The van der Waals surface area contributed by atoms with Crippen molar-refractivity contribution in [3.63, 3.8) is 0 Å². The van der Waals surface area contributed by atoms with Gasteiger partial charge in [0.2, 0.25) is 0 Å². The van der Waals surface area contributed by atoms with E-state index in [4.69, 9.17) is 0 Å². The highest BCUT2D eigenvalue weighted by Gasteiger charge is 2.37. The third-order valence-corrected chi connectivity index (χ3v) is 5.48. The van der Waals surface area contributed by atoms with Crippen LogP contribution in [0, 0.1) is 17.8 Å². The Balaban J connectivity index is 1.84. The van der Waals surface area contributed by atoms with Crippen LogP contribution in [0.2, 0.25) is 0 Å². The van der Waals surface area contributed by atoms with Crippen molar-refractivity contribution in [2.24, 2.45) is 17.8 Å². The normalized spacial score (nSPS) is 42.3. The van der Waals surface area contributed by atoms with Crippen molar-refractivity contribution >= 4 is 0 Å². The van der Waals surface area contributed by atoms with Gasteiger partial charge in [-0.2, -0.15) is 0 Å². The maximum atomic E-state index is 3.73. The summed E-state index contributed by atoms with van der Waals surface area (Å²) in [6.07, 6.45) is 5.47. The van der Waals surface area contributed by atoms with Gasteiger partial charge in [0.05, 0.1) is 0 Å². The number of nitrogens with zero attached hydrogens (tertiary/aromatic N) is 1. The van der Waals surface area contributed by atoms with Crippen molar-refractivity contribution in [3.05, 3.63) is 0 Å². The zero-order valence-electron chi connectivity index (χ0n) is 12.8. The van der Waals surface area contributed by atoms with Gasteiger partial charge >= 0.3 is 0 Å². The fraction of sp³-hybridized carbons (Fsp3) is 1.00. The molecular weight excluding hydrogens is 220 g/mol. The topological polar surface area (TPSA) is 15.3 Å². The van der Waals surface area contributed by atoms with Crippen LogP contribution in [0.25, 0.3) is 0 Å². The molecule has 0 amide bonds. The second-order valence-electron chi connectivity index (χ2n) is 6.80. The van der Waals surface area contributed by atoms with Crippen LogP contribution < -0.4 is 5.32 Å². The lowest BCUT2D eigenvalue weighted by atomic mass is 9.90. The van der Waals surface area contributed by atoms with Crippen molar-refractivity contribution in [2.45, 2.75) is 65.5 Å². The predicted molar refractivity (Wildman–Crippen MR) is 78.8 cm³/mol. The van der Waals surface area contributed by atoms with Gasteiger partial charge in [-0.25, -0.2) is 0 Å². The number of rotatable bonds is 4. The molecule has 0 aromatic rings. The van der Waals surface area contributed by atoms with Crippen molar-refractivity contribution in [3.8, 4) is 0 Å². The van der Waals surface area contributed by atoms with E-state index in [1.165, 1.54) is 45.3 Å². The smallest absolute Gasteiger partial charge is 0.0124 e. The largest absolute Gasteiger partial charge is 0.314 e. The standard InChI is InChI=1S/C16H32N2/c1-5-9-17-15-8-10-18(11-13(15)3)16-7-6-12(2)14(16)4/h12-17H,5-11H2,1-4H3. The van der Waals surface area contributed by atoms with E-state index in [-0.39, 0.29) is 0 Å². The van der Waals surface area contributed by atoms with Crippen LogP contribution in [0.15, 0.2) is 0 Å². The van der Waals surface area contributed by atoms with Crippen molar-refractivity contribution in [2.75, 3.05) is 19.6 Å². The minimum Gasteiger partial charge on any atom is -0.314 e. The second kappa shape index (κ2) is 6.38. The SMILES string of the molecule is CCCNC1CCN(C2CCC(C)C2C)CC1C. The van der Waals surface area contributed by atoms with Crippen LogP contribution in [0.4, 0.5) is 0 Å². The van der Waals surface area contributed by atoms with E-state index >= 15 is 0 Å². The molecule has 2 aliphatic rings. The summed E-state index contributed by atoms with van der Waals surface area (Å²) in [4.78, 5) is 2.79. The molecule has 2 nitrogen and oxygen atoms in total. The first-order chi connectivity index (χ1) is 8.63. The van der Waals surface area contributed by atoms with Gasteiger partial charge in [-0.15, -0.1) is 0 Å². The molecule has 2 fully saturated rings. The van der Waals surface area contributed by atoms with Crippen molar-refractivity contribution in [1.29, 1.82) is 0 Å². The second-order valence-corrected chi connectivity index (χ2v) is 6.80. The Morgan fingerprint density at radius 2 is 1.83 bits per heavy atom. The summed E-state index contributed by atoms with van der Waals surface area (Å²) in [6.45, 7) is 13.4. The summed E-state index contributed by atoms with van der Waals surface area (Å²) in [5, 5.41) is 3.73. The molecule has 1 saturated carbocycles. The minimum atomic E-state index is 0.760. The number of nitrogens with one attached hydrogen (secondary N) is 1. The molecule has 18 heavy (non-hydrogen) atoms. The van der Waals surface area contributed by atoms with Gasteiger partial charge in [-0.1, -0.05) is 27.7 Å². The number of hydrogen-bond donors (Lipinski definition) is 1. The average molecular weight is 252 g/mol. The Morgan fingerprint density at radius 1 is 1.06 bits per heavy atom. The Hall–Kier alpha value is -0.0800. The first kappa shape index (κ1) is 14.3. The van der Waals surface area contributed by atoms with Gasteiger partial charge in [0, 0.05) is 18.6 Å². The van der Waals surface area contributed by atoms with E-state index in [1.54, 1.807) is 0 Å². The molecule has 0 spiro atoms. The number of likely N-dealkylation sites (tertiary alicyclic amines) is 1. The summed E-state index contributed by atoms with van der Waals surface area (Å²) in [5.74, 6) is 2.65. The highest BCUT2D eigenvalue weighted by Crippen LogP contribution is 2.36. The van der Waals surface area contributed by atoms with Crippen LogP contribution in [-0.2, 0) is 0 Å². The van der Waals surface area contributed by atoms with Crippen LogP contribution >= 0.6 is 0 Å². The molecule has 1 N–H and O–H groups in total. The Kier molecular flexibility index (Phi) is 5.08. The van der Waals surface area contributed by atoms with Crippen LogP contribution in [0.5, 0.6) is 0 Å². The van der Waals surface area contributed by atoms with Gasteiger partial charge < -0.3 is 5.32 Å². The summed E-state index contributed by atoms with van der Waals surface area (Å²) >= 11 is 0. The molecule has 5 atom stereocenters. The zero-order chi connectivity index (χ0) is 13.1. The molecule has 1 saturated heterocycles. The highest BCUT2D eigenvalue weighted by atomic mass is 15.2. The monoisotopic (exact) mass is 252 g/mol. The number of hydrogen-bond acceptors (Lipinski definition) is 2. The van der Waals surface area contributed by atoms with E-state index in [1.807, 2.05) is 0 Å². The van der Waals surface area contributed by atoms with E-state index in [2.05, 4.69) is 37.9 Å². The Bertz CT molecular complexity index is 253. The molecule has 0 aromatic carbocycles. The molecule has 5 unspecified atom stereocenters. The third kappa shape index (κ3) is 3.08. The molecular formula is C16H32N2.